The zero-order valence-corrected chi connectivity index (χ0v) is 12.5. The third-order valence-corrected chi connectivity index (χ3v) is 3.63. The summed E-state index contributed by atoms with van der Waals surface area (Å²) in [6.45, 7) is 7.06. The van der Waals surface area contributed by atoms with Gasteiger partial charge in [0, 0.05) is 25.0 Å². The van der Waals surface area contributed by atoms with E-state index in [4.69, 9.17) is 0 Å². The molecule has 0 saturated heterocycles. The highest BCUT2D eigenvalue weighted by atomic mass is 16.3. The number of hydrogen-bond acceptors (Lipinski definition) is 3. The number of aliphatic hydroxyl groups excluding tert-OH is 1. The average Bonchev–Trinajstić information content (AvgIpc) is 2.83. The number of nitrogens with zero attached hydrogens (tertiary/aromatic N) is 3. The first-order chi connectivity index (χ1) is 9.74. The summed E-state index contributed by atoms with van der Waals surface area (Å²) in [5.41, 5.74) is 3.27. The van der Waals surface area contributed by atoms with Gasteiger partial charge in [-0.25, -0.2) is 4.98 Å². The number of rotatable bonds is 8. The number of hydrogen-bond donors (Lipinski definition) is 1. The minimum absolute atomic E-state index is 0.207. The molecule has 0 radical (unpaired) electrons. The van der Waals surface area contributed by atoms with E-state index < -0.39 is 0 Å². The van der Waals surface area contributed by atoms with Gasteiger partial charge in [-0.05, 0) is 32.0 Å². The van der Waals surface area contributed by atoms with Crippen molar-refractivity contribution in [3.8, 4) is 0 Å². The Morgan fingerprint density at radius 3 is 2.80 bits per heavy atom. The molecule has 1 N–H and O–H groups in total. The van der Waals surface area contributed by atoms with E-state index in [9.17, 15) is 5.11 Å². The molecular formula is C16H25N3O. The molecule has 0 aliphatic heterocycles. The summed E-state index contributed by atoms with van der Waals surface area (Å²) in [6, 6.07) is 6.16. The fourth-order valence-corrected chi connectivity index (χ4v) is 2.50. The molecular weight excluding hydrogens is 250 g/mol. The van der Waals surface area contributed by atoms with Crippen molar-refractivity contribution in [2.75, 3.05) is 19.7 Å². The van der Waals surface area contributed by atoms with Crippen LogP contribution in [-0.2, 0) is 6.54 Å². The molecule has 0 amide bonds. The maximum absolute atomic E-state index is 9.19. The first kappa shape index (κ1) is 15.0. The van der Waals surface area contributed by atoms with Crippen molar-refractivity contribution in [2.45, 2.75) is 39.7 Å². The molecule has 110 valence electrons. The van der Waals surface area contributed by atoms with Crippen LogP contribution in [0, 0.1) is 6.92 Å². The summed E-state index contributed by atoms with van der Waals surface area (Å²) in [5.74, 6) is 0. The van der Waals surface area contributed by atoms with Gasteiger partial charge < -0.3 is 9.51 Å². The second-order valence-corrected chi connectivity index (χ2v) is 5.33. The lowest BCUT2D eigenvalue weighted by molar-refractivity contribution is 0.186. The largest absolute Gasteiger partial charge is 0.395 e. The van der Waals surface area contributed by atoms with E-state index in [0.29, 0.717) is 0 Å². The fraction of sp³-hybridized carbons (Fsp3) is 0.562. The molecule has 4 heteroatoms. The van der Waals surface area contributed by atoms with E-state index in [1.165, 1.54) is 25.0 Å². The van der Waals surface area contributed by atoms with Gasteiger partial charge in [-0.15, -0.1) is 0 Å². The van der Waals surface area contributed by atoms with Crippen LogP contribution in [0.15, 0.2) is 24.4 Å². The Hall–Kier alpha value is -1.39. The van der Waals surface area contributed by atoms with Gasteiger partial charge in [-0.3, -0.25) is 4.90 Å². The Morgan fingerprint density at radius 1 is 1.25 bits per heavy atom. The quantitative estimate of drug-likeness (QED) is 0.753. The molecule has 0 fully saturated rings. The summed E-state index contributed by atoms with van der Waals surface area (Å²) in [7, 11) is 0. The number of unbranched alkanes of at least 4 members (excludes halogenated alkanes) is 2. The van der Waals surface area contributed by atoms with Gasteiger partial charge in [0.15, 0.2) is 0 Å². The van der Waals surface area contributed by atoms with Crippen LogP contribution >= 0.6 is 0 Å². The van der Waals surface area contributed by atoms with Crippen molar-refractivity contribution in [3.63, 3.8) is 0 Å². The first-order valence-corrected chi connectivity index (χ1v) is 7.51. The first-order valence-electron chi connectivity index (χ1n) is 7.51. The van der Waals surface area contributed by atoms with E-state index in [1.54, 1.807) is 0 Å². The fourth-order valence-electron chi connectivity index (χ4n) is 2.50. The molecule has 0 aromatic carbocycles. The molecule has 0 spiro atoms. The standard InChI is InChI=1S/C16H25N3O/c1-3-4-5-9-18(10-11-20)12-15-13-19-14(2)7-6-8-16(19)17-15/h6-8,13,20H,3-5,9-12H2,1-2H3. The van der Waals surface area contributed by atoms with Gasteiger partial charge in [0.25, 0.3) is 0 Å². The van der Waals surface area contributed by atoms with Crippen molar-refractivity contribution in [1.29, 1.82) is 0 Å². The maximum Gasteiger partial charge on any atom is 0.137 e. The van der Waals surface area contributed by atoms with Gasteiger partial charge >= 0.3 is 0 Å². The number of aryl methyl sites for hydroxylation is 1. The normalized spacial score (nSPS) is 11.6. The van der Waals surface area contributed by atoms with Gasteiger partial charge in [0.2, 0.25) is 0 Å². The lowest BCUT2D eigenvalue weighted by Crippen LogP contribution is -2.27. The Bertz CT molecular complexity index is 536. The summed E-state index contributed by atoms with van der Waals surface area (Å²) in [5, 5.41) is 9.19. The lowest BCUT2D eigenvalue weighted by Gasteiger charge is -2.19. The Balaban J connectivity index is 2.05. The van der Waals surface area contributed by atoms with Crippen molar-refractivity contribution in [3.05, 3.63) is 35.8 Å². The van der Waals surface area contributed by atoms with Gasteiger partial charge in [-0.2, -0.15) is 0 Å². The Kier molecular flexibility index (Phi) is 5.56. The molecule has 0 aliphatic rings. The van der Waals surface area contributed by atoms with E-state index in [2.05, 4.69) is 40.4 Å². The highest BCUT2D eigenvalue weighted by Crippen LogP contribution is 2.11. The molecule has 0 unspecified atom stereocenters. The van der Waals surface area contributed by atoms with Crippen molar-refractivity contribution >= 4 is 5.65 Å². The summed E-state index contributed by atoms with van der Waals surface area (Å²) < 4.78 is 2.12. The van der Waals surface area contributed by atoms with Crippen LogP contribution in [0.1, 0.15) is 37.6 Å². The highest BCUT2D eigenvalue weighted by molar-refractivity contribution is 5.41. The highest BCUT2D eigenvalue weighted by Gasteiger charge is 2.09. The monoisotopic (exact) mass is 275 g/mol. The van der Waals surface area contributed by atoms with Crippen LogP contribution in [0.3, 0.4) is 0 Å². The van der Waals surface area contributed by atoms with Crippen LogP contribution in [0.2, 0.25) is 0 Å². The smallest absolute Gasteiger partial charge is 0.137 e. The summed E-state index contributed by atoms with van der Waals surface area (Å²) in [4.78, 5) is 6.95. The average molecular weight is 275 g/mol. The van der Waals surface area contributed by atoms with Gasteiger partial charge in [0.1, 0.15) is 5.65 Å². The topological polar surface area (TPSA) is 40.8 Å². The SMILES string of the molecule is CCCCCN(CCO)Cc1cn2c(C)cccc2n1. The van der Waals surface area contributed by atoms with E-state index in [-0.39, 0.29) is 6.61 Å². The van der Waals surface area contributed by atoms with Crippen LogP contribution in [-0.4, -0.2) is 39.1 Å². The van der Waals surface area contributed by atoms with Gasteiger partial charge in [0.05, 0.1) is 12.3 Å². The third-order valence-electron chi connectivity index (χ3n) is 3.63. The van der Waals surface area contributed by atoms with Gasteiger partial charge in [-0.1, -0.05) is 25.8 Å². The summed E-state index contributed by atoms with van der Waals surface area (Å²) >= 11 is 0. The predicted octanol–water partition coefficient (Wildman–Crippen LogP) is 2.63. The van der Waals surface area contributed by atoms with Crippen molar-refractivity contribution in [1.82, 2.24) is 14.3 Å². The Labute approximate surface area is 121 Å². The zero-order chi connectivity index (χ0) is 14.4. The number of aromatic nitrogens is 2. The number of pyridine rings is 1. The predicted molar refractivity (Wildman–Crippen MR) is 81.8 cm³/mol. The molecule has 0 bridgehead atoms. The molecule has 2 aromatic heterocycles. The molecule has 2 heterocycles. The number of fused-ring (bicyclic) bond motifs is 1. The van der Waals surface area contributed by atoms with Crippen molar-refractivity contribution < 1.29 is 5.11 Å². The zero-order valence-electron chi connectivity index (χ0n) is 12.5. The Morgan fingerprint density at radius 2 is 2.10 bits per heavy atom. The molecule has 2 aromatic rings. The second-order valence-electron chi connectivity index (χ2n) is 5.33. The number of imidazole rings is 1. The van der Waals surface area contributed by atoms with E-state index in [0.717, 1.165) is 31.0 Å². The molecule has 2 rings (SSSR count). The second kappa shape index (κ2) is 7.41. The molecule has 0 aliphatic carbocycles. The van der Waals surface area contributed by atoms with E-state index in [1.807, 2.05) is 12.1 Å². The summed E-state index contributed by atoms with van der Waals surface area (Å²) in [6.07, 6.45) is 5.75. The molecule has 0 saturated carbocycles. The maximum atomic E-state index is 9.19. The minimum atomic E-state index is 0.207. The van der Waals surface area contributed by atoms with Crippen LogP contribution in [0.25, 0.3) is 5.65 Å². The molecule has 4 nitrogen and oxygen atoms in total. The van der Waals surface area contributed by atoms with E-state index >= 15 is 0 Å². The van der Waals surface area contributed by atoms with Crippen molar-refractivity contribution in [2.24, 2.45) is 0 Å². The number of aliphatic hydroxyl groups is 1. The third kappa shape index (κ3) is 3.81. The molecule has 0 atom stereocenters. The van der Waals surface area contributed by atoms with Crippen LogP contribution in [0.4, 0.5) is 0 Å². The van der Waals surface area contributed by atoms with Crippen LogP contribution in [0.5, 0.6) is 0 Å². The molecule has 20 heavy (non-hydrogen) atoms. The minimum Gasteiger partial charge on any atom is -0.395 e. The lowest BCUT2D eigenvalue weighted by atomic mass is 10.2. The van der Waals surface area contributed by atoms with Crippen LogP contribution < -0.4 is 0 Å².